The van der Waals surface area contributed by atoms with Crippen LogP contribution in [0.15, 0.2) is 0 Å². The summed E-state index contributed by atoms with van der Waals surface area (Å²) < 4.78 is 7.77. The van der Waals surface area contributed by atoms with Gasteiger partial charge in [-0.25, -0.2) is 0 Å². The van der Waals surface area contributed by atoms with Gasteiger partial charge in [0.15, 0.2) is 0 Å². The van der Waals surface area contributed by atoms with E-state index in [0.29, 0.717) is 5.92 Å². The van der Waals surface area contributed by atoms with Crippen LogP contribution >= 0.6 is 0 Å². The van der Waals surface area contributed by atoms with Crippen molar-refractivity contribution < 1.29 is 4.74 Å². The van der Waals surface area contributed by atoms with E-state index in [1.165, 1.54) is 11.3 Å². The second-order valence-corrected chi connectivity index (χ2v) is 5.77. The van der Waals surface area contributed by atoms with Crippen molar-refractivity contribution in [1.29, 1.82) is 0 Å². The van der Waals surface area contributed by atoms with Crippen LogP contribution in [0.1, 0.15) is 44.1 Å². The lowest BCUT2D eigenvalue weighted by molar-refractivity contribution is 0.113. The Hall–Kier alpha value is -0.870. The summed E-state index contributed by atoms with van der Waals surface area (Å²) >= 11 is 0. The molecule has 1 heterocycles. The van der Waals surface area contributed by atoms with Crippen molar-refractivity contribution in [3.05, 3.63) is 17.0 Å². The number of ether oxygens (including phenoxy) is 1. The van der Waals surface area contributed by atoms with Gasteiger partial charge in [0.05, 0.1) is 18.8 Å². The van der Waals surface area contributed by atoms with Crippen LogP contribution < -0.4 is 5.32 Å². The molecule has 0 fully saturated rings. The SMILES string of the molecule is CCNCCc1c(C)nn(CCOCCC(C)C)c1C. The van der Waals surface area contributed by atoms with Crippen molar-refractivity contribution in [3.8, 4) is 0 Å². The molecule has 0 bridgehead atoms. The molecule has 1 N–H and O–H groups in total. The molecule has 4 heteroatoms. The lowest BCUT2D eigenvalue weighted by atomic mass is 10.1. The molecule has 0 saturated heterocycles. The molecule has 1 aromatic rings. The summed E-state index contributed by atoms with van der Waals surface area (Å²) in [6.45, 7) is 15.3. The normalized spacial score (nSPS) is 11.5. The number of nitrogens with zero attached hydrogens (tertiary/aromatic N) is 2. The van der Waals surface area contributed by atoms with Crippen molar-refractivity contribution in [2.24, 2.45) is 5.92 Å². The first-order chi connectivity index (χ1) is 9.56. The molecule has 0 aliphatic carbocycles. The lowest BCUT2D eigenvalue weighted by Crippen LogP contribution is -2.16. The van der Waals surface area contributed by atoms with Gasteiger partial charge in [0.1, 0.15) is 0 Å². The van der Waals surface area contributed by atoms with E-state index in [1.807, 2.05) is 0 Å². The highest BCUT2D eigenvalue weighted by atomic mass is 16.5. The van der Waals surface area contributed by atoms with Crippen LogP contribution in [0.25, 0.3) is 0 Å². The van der Waals surface area contributed by atoms with Crippen molar-refractivity contribution in [2.45, 2.75) is 54.0 Å². The smallest absolute Gasteiger partial charge is 0.0662 e. The van der Waals surface area contributed by atoms with Gasteiger partial charge in [-0.2, -0.15) is 5.10 Å². The summed E-state index contributed by atoms with van der Waals surface area (Å²) in [7, 11) is 0. The third-order valence-corrected chi connectivity index (χ3v) is 3.62. The summed E-state index contributed by atoms with van der Waals surface area (Å²) in [6.07, 6.45) is 2.19. The standard InChI is InChI=1S/C16H31N3O/c1-6-17-9-7-16-14(4)18-19(15(16)5)10-12-20-11-8-13(2)3/h13,17H,6-12H2,1-5H3. The minimum atomic E-state index is 0.710. The first kappa shape index (κ1) is 17.2. The van der Waals surface area contributed by atoms with Crippen LogP contribution in [0.3, 0.4) is 0 Å². The molecule has 0 saturated carbocycles. The highest BCUT2D eigenvalue weighted by Crippen LogP contribution is 2.13. The van der Waals surface area contributed by atoms with Crippen molar-refractivity contribution >= 4 is 0 Å². The number of aryl methyl sites for hydroxylation is 1. The molecule has 1 aromatic heterocycles. The maximum Gasteiger partial charge on any atom is 0.0662 e. The van der Waals surface area contributed by atoms with E-state index < -0.39 is 0 Å². The summed E-state index contributed by atoms with van der Waals surface area (Å²) in [5.41, 5.74) is 3.82. The molecule has 0 atom stereocenters. The van der Waals surface area contributed by atoms with E-state index in [9.17, 15) is 0 Å². The molecular weight excluding hydrogens is 250 g/mol. The number of likely N-dealkylation sites (N-methyl/N-ethyl adjacent to an activating group) is 1. The Balaban J connectivity index is 2.40. The molecule has 116 valence electrons. The summed E-state index contributed by atoms with van der Waals surface area (Å²) in [4.78, 5) is 0. The average molecular weight is 281 g/mol. The highest BCUT2D eigenvalue weighted by Gasteiger charge is 2.10. The number of hydrogen-bond acceptors (Lipinski definition) is 3. The fourth-order valence-corrected chi connectivity index (χ4v) is 2.28. The van der Waals surface area contributed by atoms with Gasteiger partial charge in [-0.15, -0.1) is 0 Å². The maximum absolute atomic E-state index is 5.68. The molecule has 0 unspecified atom stereocenters. The van der Waals surface area contributed by atoms with Gasteiger partial charge in [-0.1, -0.05) is 20.8 Å². The number of hydrogen-bond donors (Lipinski definition) is 1. The Morgan fingerprint density at radius 2 is 2.00 bits per heavy atom. The fourth-order valence-electron chi connectivity index (χ4n) is 2.28. The van der Waals surface area contributed by atoms with Crippen LogP contribution in [0.2, 0.25) is 0 Å². The zero-order chi connectivity index (χ0) is 15.0. The van der Waals surface area contributed by atoms with Gasteiger partial charge in [0.2, 0.25) is 0 Å². The highest BCUT2D eigenvalue weighted by molar-refractivity contribution is 5.24. The molecule has 0 aliphatic rings. The first-order valence-electron chi connectivity index (χ1n) is 7.87. The molecular formula is C16H31N3O. The van der Waals surface area contributed by atoms with Gasteiger partial charge in [0.25, 0.3) is 0 Å². The third kappa shape index (κ3) is 5.63. The molecule has 4 nitrogen and oxygen atoms in total. The van der Waals surface area contributed by atoms with Crippen LogP contribution in [-0.2, 0) is 17.7 Å². The Kier molecular flexibility index (Phi) is 7.85. The maximum atomic E-state index is 5.68. The zero-order valence-electron chi connectivity index (χ0n) is 13.8. The monoisotopic (exact) mass is 281 g/mol. The van der Waals surface area contributed by atoms with Gasteiger partial charge in [-0.3, -0.25) is 4.68 Å². The summed E-state index contributed by atoms with van der Waals surface area (Å²) in [5, 5.41) is 8.00. The topological polar surface area (TPSA) is 39.1 Å². The second kappa shape index (κ2) is 9.14. The molecule has 0 aromatic carbocycles. The first-order valence-corrected chi connectivity index (χ1v) is 7.87. The quantitative estimate of drug-likeness (QED) is 0.670. The summed E-state index contributed by atoms with van der Waals surface area (Å²) in [6, 6.07) is 0. The molecule has 0 spiro atoms. The fraction of sp³-hybridized carbons (Fsp3) is 0.812. The number of aromatic nitrogens is 2. The lowest BCUT2D eigenvalue weighted by Gasteiger charge is -2.08. The van der Waals surface area contributed by atoms with E-state index in [2.05, 4.69) is 49.7 Å². The van der Waals surface area contributed by atoms with E-state index in [1.54, 1.807) is 0 Å². The molecule has 0 amide bonds. The Morgan fingerprint density at radius 3 is 2.65 bits per heavy atom. The van der Waals surface area contributed by atoms with Crippen molar-refractivity contribution in [2.75, 3.05) is 26.3 Å². The average Bonchev–Trinajstić information content (AvgIpc) is 2.65. The number of rotatable bonds is 10. The van der Waals surface area contributed by atoms with Crippen LogP contribution in [0.4, 0.5) is 0 Å². The van der Waals surface area contributed by atoms with Crippen LogP contribution in [0, 0.1) is 19.8 Å². The molecule has 1 rings (SSSR count). The van der Waals surface area contributed by atoms with Gasteiger partial charge >= 0.3 is 0 Å². The van der Waals surface area contributed by atoms with Gasteiger partial charge in [0, 0.05) is 12.3 Å². The summed E-state index contributed by atoms with van der Waals surface area (Å²) in [5.74, 6) is 0.710. The molecule has 0 radical (unpaired) electrons. The van der Waals surface area contributed by atoms with Crippen LogP contribution in [0.5, 0.6) is 0 Å². The van der Waals surface area contributed by atoms with Crippen LogP contribution in [-0.4, -0.2) is 36.1 Å². The van der Waals surface area contributed by atoms with Gasteiger partial charge in [-0.05, 0) is 51.3 Å². The second-order valence-electron chi connectivity index (χ2n) is 5.77. The Labute approximate surface area is 123 Å². The molecule has 0 aliphatic heterocycles. The minimum Gasteiger partial charge on any atom is -0.380 e. The number of nitrogens with one attached hydrogen (secondary N) is 1. The molecule has 20 heavy (non-hydrogen) atoms. The van der Waals surface area contributed by atoms with E-state index in [4.69, 9.17) is 4.74 Å². The van der Waals surface area contributed by atoms with Gasteiger partial charge < -0.3 is 10.1 Å². The Bertz CT molecular complexity index is 385. The predicted octanol–water partition coefficient (Wildman–Crippen LogP) is 2.71. The minimum absolute atomic E-state index is 0.710. The van der Waals surface area contributed by atoms with E-state index >= 15 is 0 Å². The van der Waals surface area contributed by atoms with Crippen molar-refractivity contribution in [1.82, 2.24) is 15.1 Å². The largest absolute Gasteiger partial charge is 0.380 e. The van der Waals surface area contributed by atoms with E-state index in [-0.39, 0.29) is 0 Å². The van der Waals surface area contributed by atoms with E-state index in [0.717, 1.165) is 51.4 Å². The predicted molar refractivity (Wildman–Crippen MR) is 84.2 cm³/mol. The zero-order valence-corrected chi connectivity index (χ0v) is 13.8. The Morgan fingerprint density at radius 1 is 1.25 bits per heavy atom. The van der Waals surface area contributed by atoms with Crippen molar-refractivity contribution in [3.63, 3.8) is 0 Å². The third-order valence-electron chi connectivity index (χ3n) is 3.62.